The maximum absolute atomic E-state index is 12.6. The number of carbonyl (C=O) groups excluding carboxylic acids is 1. The highest BCUT2D eigenvalue weighted by Crippen LogP contribution is 2.48. The van der Waals surface area contributed by atoms with E-state index in [-0.39, 0.29) is 17.7 Å². The Bertz CT molecular complexity index is 635. The maximum Gasteiger partial charge on any atom is 0.307 e. The first kappa shape index (κ1) is 13.9. The summed E-state index contributed by atoms with van der Waals surface area (Å²) in [5, 5.41) is 12.3. The first-order valence-electron chi connectivity index (χ1n) is 7.27. The molecule has 1 fully saturated rings. The van der Waals surface area contributed by atoms with Crippen molar-refractivity contribution in [2.24, 2.45) is 23.7 Å². The van der Waals surface area contributed by atoms with Gasteiger partial charge in [-0.15, -0.1) is 0 Å². The summed E-state index contributed by atoms with van der Waals surface area (Å²) in [6, 6.07) is 5.75. The number of nitrogens with one attached hydrogen (secondary N) is 1. The normalized spacial score (nSPS) is 29.6. The van der Waals surface area contributed by atoms with E-state index in [4.69, 9.17) is 0 Å². The lowest BCUT2D eigenvalue weighted by molar-refractivity contribution is -0.146. The van der Waals surface area contributed by atoms with Crippen LogP contribution in [0, 0.1) is 37.5 Å². The van der Waals surface area contributed by atoms with E-state index in [1.807, 2.05) is 44.2 Å². The third kappa shape index (κ3) is 2.24. The summed E-state index contributed by atoms with van der Waals surface area (Å²) in [5.74, 6) is -2.04. The predicted octanol–water partition coefficient (Wildman–Crippen LogP) is 2.76. The van der Waals surface area contributed by atoms with Crippen molar-refractivity contribution in [2.75, 3.05) is 5.32 Å². The van der Waals surface area contributed by atoms with Crippen molar-refractivity contribution in [3.8, 4) is 0 Å². The highest BCUT2D eigenvalue weighted by Gasteiger charge is 2.51. The van der Waals surface area contributed by atoms with Crippen molar-refractivity contribution in [2.45, 2.75) is 20.3 Å². The molecule has 4 heteroatoms. The van der Waals surface area contributed by atoms with E-state index in [2.05, 4.69) is 5.32 Å². The van der Waals surface area contributed by atoms with E-state index in [1.54, 1.807) is 0 Å². The minimum atomic E-state index is -0.868. The van der Waals surface area contributed by atoms with Crippen LogP contribution in [0.2, 0.25) is 0 Å². The molecular formula is C17H19NO3. The third-order valence-corrected chi connectivity index (χ3v) is 4.91. The average molecular weight is 285 g/mol. The highest BCUT2D eigenvalue weighted by molar-refractivity contribution is 5.97. The van der Waals surface area contributed by atoms with Crippen molar-refractivity contribution in [1.29, 1.82) is 0 Å². The monoisotopic (exact) mass is 285 g/mol. The third-order valence-electron chi connectivity index (χ3n) is 4.91. The Hall–Kier alpha value is -2.10. The fourth-order valence-corrected chi connectivity index (χ4v) is 3.62. The topological polar surface area (TPSA) is 66.4 Å². The lowest BCUT2D eigenvalue weighted by Crippen LogP contribution is -2.36. The number of hydrogen-bond acceptors (Lipinski definition) is 2. The van der Waals surface area contributed by atoms with Crippen LogP contribution < -0.4 is 5.32 Å². The van der Waals surface area contributed by atoms with Gasteiger partial charge >= 0.3 is 5.97 Å². The lowest BCUT2D eigenvalue weighted by atomic mass is 9.82. The molecule has 21 heavy (non-hydrogen) atoms. The molecule has 4 atom stereocenters. The number of anilines is 1. The molecule has 0 spiro atoms. The van der Waals surface area contributed by atoms with Crippen molar-refractivity contribution in [1.82, 2.24) is 0 Å². The van der Waals surface area contributed by atoms with E-state index in [9.17, 15) is 14.7 Å². The zero-order chi connectivity index (χ0) is 15.1. The molecule has 110 valence electrons. The van der Waals surface area contributed by atoms with Gasteiger partial charge in [-0.25, -0.2) is 0 Å². The predicted molar refractivity (Wildman–Crippen MR) is 79.9 cm³/mol. The minimum Gasteiger partial charge on any atom is -0.481 e. The Balaban J connectivity index is 1.84. The van der Waals surface area contributed by atoms with Gasteiger partial charge in [0.25, 0.3) is 0 Å². The number of carboxylic acid groups (broad SMARTS) is 1. The SMILES string of the molecule is Cc1cccc(NC(=O)[C@H]2[C@@H](C(=O)O)[C@H]3C=C[C@H]2C3)c1C. The smallest absolute Gasteiger partial charge is 0.307 e. The van der Waals surface area contributed by atoms with Crippen LogP contribution in [0.15, 0.2) is 30.4 Å². The molecule has 3 rings (SSSR count). The van der Waals surface area contributed by atoms with Crippen LogP contribution in [-0.4, -0.2) is 17.0 Å². The Morgan fingerprint density at radius 2 is 1.81 bits per heavy atom. The van der Waals surface area contributed by atoms with Crippen LogP contribution >= 0.6 is 0 Å². The number of fused-ring (bicyclic) bond motifs is 2. The summed E-state index contributed by atoms with van der Waals surface area (Å²) >= 11 is 0. The maximum atomic E-state index is 12.6. The van der Waals surface area contributed by atoms with Gasteiger partial charge in [0.15, 0.2) is 0 Å². The molecule has 0 unspecified atom stereocenters. The molecule has 0 saturated heterocycles. The summed E-state index contributed by atoms with van der Waals surface area (Å²) in [5.41, 5.74) is 2.91. The molecule has 1 aromatic carbocycles. The Morgan fingerprint density at radius 3 is 2.48 bits per heavy atom. The summed E-state index contributed by atoms with van der Waals surface area (Å²) in [7, 11) is 0. The van der Waals surface area contributed by atoms with Gasteiger partial charge in [0.05, 0.1) is 11.8 Å². The standard InChI is InChI=1S/C17H19NO3/c1-9-4-3-5-13(10(9)2)18-16(19)14-11-6-7-12(8-11)15(14)17(20)21/h3-7,11-12,14-15H,8H2,1-2H3,(H,18,19)(H,20,21)/t11-,12-,14+,15-/m0/s1. The molecule has 1 amide bonds. The summed E-state index contributed by atoms with van der Waals surface area (Å²) < 4.78 is 0. The fraction of sp³-hybridized carbons (Fsp3) is 0.412. The average Bonchev–Trinajstić information content (AvgIpc) is 3.04. The van der Waals surface area contributed by atoms with Gasteiger partial charge in [-0.1, -0.05) is 24.3 Å². The molecule has 1 saturated carbocycles. The Morgan fingerprint density at radius 1 is 1.14 bits per heavy atom. The highest BCUT2D eigenvalue weighted by atomic mass is 16.4. The molecule has 2 bridgehead atoms. The minimum absolute atomic E-state index is 0.00172. The molecular weight excluding hydrogens is 266 g/mol. The van der Waals surface area contributed by atoms with Crippen molar-refractivity contribution < 1.29 is 14.7 Å². The van der Waals surface area contributed by atoms with Gasteiger partial charge in [-0.05, 0) is 49.3 Å². The zero-order valence-electron chi connectivity index (χ0n) is 12.2. The zero-order valence-corrected chi connectivity index (χ0v) is 12.2. The number of carboxylic acids is 1. The second kappa shape index (κ2) is 5.02. The molecule has 2 aliphatic carbocycles. The number of allylic oxidation sites excluding steroid dienone is 2. The van der Waals surface area contributed by atoms with Crippen LogP contribution in [0.5, 0.6) is 0 Å². The molecule has 4 nitrogen and oxygen atoms in total. The van der Waals surface area contributed by atoms with E-state index >= 15 is 0 Å². The fourth-order valence-electron chi connectivity index (χ4n) is 3.62. The van der Waals surface area contributed by atoms with Crippen molar-refractivity contribution in [3.63, 3.8) is 0 Å². The summed E-state index contributed by atoms with van der Waals surface area (Å²) in [6.45, 7) is 3.95. The Kier molecular flexibility index (Phi) is 3.32. The van der Waals surface area contributed by atoms with E-state index < -0.39 is 17.8 Å². The number of rotatable bonds is 3. The van der Waals surface area contributed by atoms with Gasteiger partial charge in [0.1, 0.15) is 0 Å². The van der Waals surface area contributed by atoms with E-state index in [0.29, 0.717) is 0 Å². The van der Waals surface area contributed by atoms with Crippen LogP contribution in [0.25, 0.3) is 0 Å². The molecule has 0 heterocycles. The van der Waals surface area contributed by atoms with E-state index in [1.165, 1.54) is 0 Å². The number of hydrogen-bond donors (Lipinski definition) is 2. The molecule has 0 aliphatic heterocycles. The number of amides is 1. The van der Waals surface area contributed by atoms with Crippen molar-refractivity contribution >= 4 is 17.6 Å². The van der Waals surface area contributed by atoms with Crippen LogP contribution in [0.3, 0.4) is 0 Å². The quantitative estimate of drug-likeness (QED) is 0.839. The molecule has 2 N–H and O–H groups in total. The second-order valence-electron chi connectivity index (χ2n) is 6.07. The van der Waals surface area contributed by atoms with Gasteiger partial charge in [-0.3, -0.25) is 9.59 Å². The van der Waals surface area contributed by atoms with Crippen LogP contribution in [0.4, 0.5) is 5.69 Å². The van der Waals surface area contributed by atoms with Crippen molar-refractivity contribution in [3.05, 3.63) is 41.5 Å². The first-order valence-corrected chi connectivity index (χ1v) is 7.27. The summed E-state index contributed by atoms with van der Waals surface area (Å²) in [6.07, 6.45) is 4.73. The van der Waals surface area contributed by atoms with Gasteiger partial charge < -0.3 is 10.4 Å². The van der Waals surface area contributed by atoms with Crippen LogP contribution in [-0.2, 0) is 9.59 Å². The molecule has 0 radical (unpaired) electrons. The molecule has 0 aromatic heterocycles. The largest absolute Gasteiger partial charge is 0.481 e. The van der Waals surface area contributed by atoms with Crippen LogP contribution in [0.1, 0.15) is 17.5 Å². The number of aliphatic carboxylic acids is 1. The van der Waals surface area contributed by atoms with Gasteiger partial charge in [0, 0.05) is 5.69 Å². The number of benzene rings is 1. The van der Waals surface area contributed by atoms with E-state index in [0.717, 1.165) is 23.2 Å². The second-order valence-corrected chi connectivity index (χ2v) is 6.07. The molecule has 1 aromatic rings. The first-order chi connectivity index (χ1) is 9.99. The number of aryl methyl sites for hydroxylation is 1. The van der Waals surface area contributed by atoms with Gasteiger partial charge in [-0.2, -0.15) is 0 Å². The Labute approximate surface area is 123 Å². The summed E-state index contributed by atoms with van der Waals surface area (Å²) in [4.78, 5) is 24.0. The van der Waals surface area contributed by atoms with Gasteiger partial charge in [0.2, 0.25) is 5.91 Å². The lowest BCUT2D eigenvalue weighted by Gasteiger charge is -2.24. The number of carbonyl (C=O) groups is 2. The molecule has 2 aliphatic rings.